The highest BCUT2D eigenvalue weighted by Gasteiger charge is 2.25. The average molecular weight is 329 g/mol. The van der Waals surface area contributed by atoms with Crippen LogP contribution in [0, 0.1) is 5.82 Å². The molecule has 6 heteroatoms. The fourth-order valence-electron chi connectivity index (χ4n) is 3.00. The highest BCUT2D eigenvalue weighted by atomic mass is 19.1. The zero-order valence-corrected chi connectivity index (χ0v) is 13.6. The predicted octanol–water partition coefficient (Wildman–Crippen LogP) is 2.64. The van der Waals surface area contributed by atoms with E-state index in [9.17, 15) is 9.18 Å². The second-order valence-corrected chi connectivity index (χ2v) is 5.92. The number of aromatic nitrogens is 2. The molecule has 0 aliphatic carbocycles. The van der Waals surface area contributed by atoms with Gasteiger partial charge < -0.3 is 9.64 Å². The molecular weight excluding hydrogens is 309 g/mol. The van der Waals surface area contributed by atoms with E-state index in [-0.39, 0.29) is 24.2 Å². The van der Waals surface area contributed by atoms with Crippen molar-refractivity contribution in [3.63, 3.8) is 0 Å². The number of likely N-dealkylation sites (tertiary alicyclic amines) is 1. The lowest BCUT2D eigenvalue weighted by Crippen LogP contribution is -2.41. The molecule has 126 valence electrons. The van der Waals surface area contributed by atoms with Gasteiger partial charge in [0.2, 0.25) is 5.91 Å². The van der Waals surface area contributed by atoms with Crippen molar-refractivity contribution in [3.8, 4) is 11.4 Å². The maximum atomic E-state index is 13.1. The topological polar surface area (TPSA) is 55.3 Å². The summed E-state index contributed by atoms with van der Waals surface area (Å²) in [6.07, 6.45) is 3.64. The first-order valence-electron chi connectivity index (χ1n) is 8.03. The summed E-state index contributed by atoms with van der Waals surface area (Å²) in [6, 6.07) is 8.03. The molecule has 1 amide bonds. The Balaban J connectivity index is 1.78. The zero-order valence-electron chi connectivity index (χ0n) is 13.6. The number of halogens is 1. The Hall–Kier alpha value is -2.34. The van der Waals surface area contributed by atoms with E-state index in [1.54, 1.807) is 18.3 Å². The van der Waals surface area contributed by atoms with Gasteiger partial charge in [-0.05, 0) is 43.2 Å². The Labute approximate surface area is 140 Å². The van der Waals surface area contributed by atoms with Crippen LogP contribution in [0.15, 0.2) is 36.5 Å². The predicted molar refractivity (Wildman–Crippen MR) is 87.9 cm³/mol. The summed E-state index contributed by atoms with van der Waals surface area (Å²) < 4.78 is 18.0. The van der Waals surface area contributed by atoms with E-state index in [2.05, 4.69) is 9.97 Å². The quantitative estimate of drug-likeness (QED) is 0.865. The fourth-order valence-corrected chi connectivity index (χ4v) is 3.00. The van der Waals surface area contributed by atoms with Crippen molar-refractivity contribution in [1.29, 1.82) is 0 Å². The van der Waals surface area contributed by atoms with Crippen LogP contribution in [0.2, 0.25) is 0 Å². The molecule has 0 bridgehead atoms. The van der Waals surface area contributed by atoms with E-state index in [1.807, 2.05) is 11.0 Å². The Kier molecular flexibility index (Phi) is 5.15. The number of hydrogen-bond donors (Lipinski definition) is 0. The minimum Gasteiger partial charge on any atom is -0.375 e. The molecule has 1 aromatic heterocycles. The Morgan fingerprint density at radius 3 is 2.88 bits per heavy atom. The van der Waals surface area contributed by atoms with Crippen LogP contribution in [-0.2, 0) is 9.53 Å². The number of ether oxygens (including phenoxy) is 1. The number of amides is 1. The third-order valence-electron chi connectivity index (χ3n) is 4.24. The van der Waals surface area contributed by atoms with Crippen molar-refractivity contribution in [2.24, 2.45) is 0 Å². The van der Waals surface area contributed by atoms with E-state index in [1.165, 1.54) is 19.2 Å². The first-order chi connectivity index (χ1) is 11.7. The van der Waals surface area contributed by atoms with Crippen molar-refractivity contribution in [2.75, 3.05) is 26.8 Å². The Morgan fingerprint density at radius 2 is 2.12 bits per heavy atom. The third kappa shape index (κ3) is 3.76. The zero-order chi connectivity index (χ0) is 16.9. The second kappa shape index (κ2) is 7.49. The minimum absolute atomic E-state index is 0.00927. The smallest absolute Gasteiger partial charge is 0.248 e. The van der Waals surface area contributed by atoms with Crippen LogP contribution in [0.5, 0.6) is 0 Å². The number of nitrogens with zero attached hydrogens (tertiary/aromatic N) is 3. The number of rotatable bonds is 4. The molecule has 0 spiro atoms. The molecule has 0 saturated carbocycles. The van der Waals surface area contributed by atoms with Crippen LogP contribution < -0.4 is 0 Å². The molecule has 24 heavy (non-hydrogen) atoms. The summed E-state index contributed by atoms with van der Waals surface area (Å²) in [4.78, 5) is 22.8. The number of piperidine rings is 1. The van der Waals surface area contributed by atoms with Gasteiger partial charge in [-0.2, -0.15) is 0 Å². The van der Waals surface area contributed by atoms with Gasteiger partial charge >= 0.3 is 0 Å². The maximum Gasteiger partial charge on any atom is 0.248 e. The summed E-state index contributed by atoms with van der Waals surface area (Å²) in [5.74, 6) is 0.485. The van der Waals surface area contributed by atoms with Crippen LogP contribution >= 0.6 is 0 Å². The van der Waals surface area contributed by atoms with E-state index >= 15 is 0 Å². The molecule has 2 heterocycles. The lowest BCUT2D eigenvalue weighted by molar-refractivity contribution is -0.136. The van der Waals surface area contributed by atoms with E-state index in [0.29, 0.717) is 12.4 Å². The average Bonchev–Trinajstić information content (AvgIpc) is 2.63. The van der Waals surface area contributed by atoms with Gasteiger partial charge in [-0.3, -0.25) is 4.79 Å². The maximum absolute atomic E-state index is 13.1. The van der Waals surface area contributed by atoms with Gasteiger partial charge in [0, 0.05) is 43.6 Å². The highest BCUT2D eigenvalue weighted by Crippen LogP contribution is 2.27. The fraction of sp³-hybridized carbons (Fsp3) is 0.389. The summed E-state index contributed by atoms with van der Waals surface area (Å²) >= 11 is 0. The molecule has 5 nitrogen and oxygen atoms in total. The van der Waals surface area contributed by atoms with Crippen LogP contribution in [0.1, 0.15) is 24.5 Å². The summed E-state index contributed by atoms with van der Waals surface area (Å²) in [5, 5.41) is 0. The molecule has 1 saturated heterocycles. The molecule has 0 unspecified atom stereocenters. The van der Waals surface area contributed by atoms with Crippen LogP contribution in [-0.4, -0.2) is 47.6 Å². The van der Waals surface area contributed by atoms with Gasteiger partial charge in [0.05, 0.1) is 0 Å². The SMILES string of the molecule is COCC(=O)N1CCC[C@@H](c2ccnc(-c3ccc(F)cc3)n2)C1. The standard InChI is InChI=1S/C18H20FN3O2/c1-24-12-17(23)22-10-2-3-14(11-22)16-8-9-20-18(21-16)13-4-6-15(19)7-5-13/h4-9,14H,2-3,10-12H2,1H3/t14-/m1/s1. The third-order valence-corrected chi connectivity index (χ3v) is 4.24. The van der Waals surface area contributed by atoms with Gasteiger partial charge in [0.1, 0.15) is 12.4 Å². The molecule has 1 aliphatic heterocycles. The van der Waals surface area contributed by atoms with Crippen molar-refractivity contribution in [2.45, 2.75) is 18.8 Å². The van der Waals surface area contributed by atoms with Gasteiger partial charge in [0.25, 0.3) is 0 Å². The molecule has 0 radical (unpaired) electrons. The van der Waals surface area contributed by atoms with E-state index in [4.69, 9.17) is 4.74 Å². The number of carbonyl (C=O) groups excluding carboxylic acids is 1. The largest absolute Gasteiger partial charge is 0.375 e. The van der Waals surface area contributed by atoms with Crippen LogP contribution in [0.25, 0.3) is 11.4 Å². The molecule has 1 atom stereocenters. The number of hydrogen-bond acceptors (Lipinski definition) is 4. The van der Waals surface area contributed by atoms with Crippen LogP contribution in [0.3, 0.4) is 0 Å². The van der Waals surface area contributed by atoms with Crippen molar-refractivity contribution in [3.05, 3.63) is 48.0 Å². The van der Waals surface area contributed by atoms with E-state index in [0.717, 1.165) is 30.6 Å². The lowest BCUT2D eigenvalue weighted by Gasteiger charge is -2.32. The number of benzene rings is 1. The molecule has 0 N–H and O–H groups in total. The first kappa shape index (κ1) is 16.5. The van der Waals surface area contributed by atoms with Crippen molar-refractivity contribution < 1.29 is 13.9 Å². The van der Waals surface area contributed by atoms with Crippen molar-refractivity contribution >= 4 is 5.91 Å². The molecule has 3 rings (SSSR count). The van der Waals surface area contributed by atoms with Gasteiger partial charge in [-0.25, -0.2) is 14.4 Å². The van der Waals surface area contributed by atoms with E-state index < -0.39 is 0 Å². The normalized spacial score (nSPS) is 17.8. The Bertz CT molecular complexity index is 706. The van der Waals surface area contributed by atoms with Gasteiger partial charge in [-0.1, -0.05) is 0 Å². The number of carbonyl (C=O) groups is 1. The second-order valence-electron chi connectivity index (χ2n) is 5.92. The summed E-state index contributed by atoms with van der Waals surface area (Å²) in [6.45, 7) is 1.51. The van der Waals surface area contributed by atoms with Crippen LogP contribution in [0.4, 0.5) is 4.39 Å². The lowest BCUT2D eigenvalue weighted by atomic mass is 9.94. The highest BCUT2D eigenvalue weighted by molar-refractivity contribution is 5.77. The summed E-state index contributed by atoms with van der Waals surface area (Å²) in [7, 11) is 1.53. The van der Waals surface area contributed by atoms with Gasteiger partial charge in [0.15, 0.2) is 5.82 Å². The van der Waals surface area contributed by atoms with Crippen molar-refractivity contribution in [1.82, 2.24) is 14.9 Å². The number of methoxy groups -OCH3 is 1. The summed E-state index contributed by atoms with van der Waals surface area (Å²) in [5.41, 5.74) is 1.70. The molecule has 2 aromatic rings. The minimum atomic E-state index is -0.283. The molecule has 1 aliphatic rings. The molecular formula is C18H20FN3O2. The monoisotopic (exact) mass is 329 g/mol. The molecule has 1 fully saturated rings. The first-order valence-corrected chi connectivity index (χ1v) is 8.03. The van der Waals surface area contributed by atoms with Gasteiger partial charge in [-0.15, -0.1) is 0 Å². The Morgan fingerprint density at radius 1 is 1.33 bits per heavy atom. The molecule has 1 aromatic carbocycles.